The number of unbranched alkanes of at least 4 members (excludes halogenated alkanes) is 1. The van der Waals surface area contributed by atoms with E-state index in [0.717, 1.165) is 54.9 Å². The maximum Gasteiger partial charge on any atom is 0.140 e. The minimum Gasteiger partial charge on any atom is -0.489 e. The van der Waals surface area contributed by atoms with Crippen molar-refractivity contribution in [2.24, 2.45) is 11.6 Å². The first kappa shape index (κ1) is 22.1. The van der Waals surface area contributed by atoms with Crippen LogP contribution in [0.4, 0.5) is 0 Å². The average molecular weight is 414 g/mol. The highest BCUT2D eigenvalue weighted by molar-refractivity contribution is 5.63. The summed E-state index contributed by atoms with van der Waals surface area (Å²) < 4.78 is 7.95. The lowest BCUT2D eigenvalue weighted by Crippen LogP contribution is -2.30. The normalized spacial score (nSPS) is 15.7. The van der Waals surface area contributed by atoms with Crippen molar-refractivity contribution in [1.82, 2.24) is 25.0 Å². The van der Waals surface area contributed by atoms with Crippen molar-refractivity contribution in [1.29, 1.82) is 0 Å². The summed E-state index contributed by atoms with van der Waals surface area (Å²) >= 11 is 0. The second-order valence-corrected chi connectivity index (χ2v) is 8.14. The van der Waals surface area contributed by atoms with Crippen molar-refractivity contribution >= 4 is 5.70 Å². The topological polar surface area (TPSA) is 108 Å². The zero-order chi connectivity index (χ0) is 21.5. The first-order chi connectivity index (χ1) is 14.5. The van der Waals surface area contributed by atoms with E-state index in [1.54, 1.807) is 11.7 Å². The minimum absolute atomic E-state index is 0.290. The summed E-state index contributed by atoms with van der Waals surface area (Å²) in [7, 11) is 1.77. The molecule has 30 heavy (non-hydrogen) atoms. The van der Waals surface area contributed by atoms with Gasteiger partial charge in [-0.3, -0.25) is 0 Å². The van der Waals surface area contributed by atoms with Crippen LogP contribution in [0.3, 0.4) is 0 Å². The lowest BCUT2D eigenvalue weighted by atomic mass is 9.98. The van der Waals surface area contributed by atoms with Crippen LogP contribution in [0.5, 0.6) is 5.75 Å². The highest BCUT2D eigenvalue weighted by Crippen LogP contribution is 2.26. The summed E-state index contributed by atoms with van der Waals surface area (Å²) in [5.74, 6) is 6.91. The number of allylic oxidation sites excluding steroid dienone is 1. The van der Waals surface area contributed by atoms with Crippen LogP contribution in [-0.2, 0) is 13.0 Å². The number of rotatable bonds is 9. The molecule has 0 saturated heterocycles. The molecule has 0 atom stereocenters. The minimum atomic E-state index is 0.290. The third kappa shape index (κ3) is 5.72. The van der Waals surface area contributed by atoms with E-state index in [1.807, 2.05) is 25.3 Å². The van der Waals surface area contributed by atoms with Crippen molar-refractivity contribution in [3.05, 3.63) is 41.1 Å². The van der Waals surface area contributed by atoms with Gasteiger partial charge < -0.3 is 15.5 Å². The highest BCUT2D eigenvalue weighted by atomic mass is 16.5. The van der Waals surface area contributed by atoms with Crippen molar-refractivity contribution in [2.75, 3.05) is 7.05 Å². The Morgan fingerprint density at radius 2 is 2.03 bits per heavy atom. The zero-order valence-corrected chi connectivity index (χ0v) is 18.5. The molecule has 0 unspecified atom stereocenters. The van der Waals surface area contributed by atoms with Crippen LogP contribution in [0.1, 0.15) is 69.0 Å². The number of hydrogen-bond donors (Lipinski definition) is 2. The summed E-state index contributed by atoms with van der Waals surface area (Å²) in [6, 6.07) is 3.86. The summed E-state index contributed by atoms with van der Waals surface area (Å²) in [4.78, 5) is 4.69. The average Bonchev–Trinajstić information content (AvgIpc) is 3.19. The fourth-order valence-corrected chi connectivity index (χ4v) is 3.76. The van der Waals surface area contributed by atoms with Crippen LogP contribution in [0.15, 0.2) is 24.0 Å². The lowest BCUT2D eigenvalue weighted by Gasteiger charge is -2.24. The Kier molecular flexibility index (Phi) is 7.68. The molecule has 2 aromatic rings. The molecule has 2 heterocycles. The Hall–Kier alpha value is -2.61. The number of ether oxygens (including phenoxy) is 1. The number of hydrogen-bond acceptors (Lipinski definition) is 7. The fraction of sp³-hybridized carbons (Fsp3) is 0.591. The molecule has 0 aromatic carbocycles. The van der Waals surface area contributed by atoms with Crippen LogP contribution >= 0.6 is 0 Å². The van der Waals surface area contributed by atoms with Gasteiger partial charge in [-0.1, -0.05) is 25.0 Å². The standard InChI is InChI=1S/C22H35N7O/c1-4-5-9-17-14-29(27-26-17)15-20(28(3)24)22(23)19-12-13-21(16(2)25-19)30-18-10-7-6-8-11-18/h12-14,18H,4-11,15,23-24H2,1-3H3/b22-20-. The van der Waals surface area contributed by atoms with E-state index in [0.29, 0.717) is 17.9 Å². The van der Waals surface area contributed by atoms with E-state index >= 15 is 0 Å². The van der Waals surface area contributed by atoms with E-state index in [2.05, 4.69) is 17.2 Å². The SMILES string of the molecule is CCCCc1cn(C/C(=C(/N)c2ccc(OC3CCCCC3)c(C)n2)N(C)N)nn1. The van der Waals surface area contributed by atoms with Crippen molar-refractivity contribution in [2.45, 2.75) is 77.9 Å². The molecule has 8 heteroatoms. The van der Waals surface area contributed by atoms with E-state index in [-0.39, 0.29) is 6.10 Å². The molecule has 0 spiro atoms. The number of pyridine rings is 1. The van der Waals surface area contributed by atoms with Gasteiger partial charge in [0.15, 0.2) is 0 Å². The van der Waals surface area contributed by atoms with Crippen molar-refractivity contribution < 1.29 is 4.74 Å². The molecule has 164 valence electrons. The zero-order valence-electron chi connectivity index (χ0n) is 18.5. The largest absolute Gasteiger partial charge is 0.489 e. The van der Waals surface area contributed by atoms with Gasteiger partial charge in [0.2, 0.25) is 0 Å². The van der Waals surface area contributed by atoms with E-state index < -0.39 is 0 Å². The van der Waals surface area contributed by atoms with Gasteiger partial charge in [-0.15, -0.1) is 5.10 Å². The molecule has 0 bridgehead atoms. The van der Waals surface area contributed by atoms with Gasteiger partial charge in [0.05, 0.1) is 41.1 Å². The van der Waals surface area contributed by atoms with Crippen LogP contribution < -0.4 is 16.3 Å². The Morgan fingerprint density at radius 3 is 2.70 bits per heavy atom. The Morgan fingerprint density at radius 1 is 1.27 bits per heavy atom. The quantitative estimate of drug-likeness (QED) is 0.480. The molecule has 0 radical (unpaired) electrons. The van der Waals surface area contributed by atoms with E-state index in [1.165, 1.54) is 24.3 Å². The number of aromatic nitrogens is 4. The van der Waals surface area contributed by atoms with Gasteiger partial charge >= 0.3 is 0 Å². The van der Waals surface area contributed by atoms with Crippen molar-refractivity contribution in [3.63, 3.8) is 0 Å². The molecule has 0 aliphatic heterocycles. The predicted octanol–water partition coefficient (Wildman–Crippen LogP) is 3.17. The smallest absolute Gasteiger partial charge is 0.140 e. The molecule has 8 nitrogen and oxygen atoms in total. The first-order valence-electron chi connectivity index (χ1n) is 11.0. The number of likely N-dealkylation sites (N-methyl/N-ethyl adjacent to an activating group) is 1. The predicted molar refractivity (Wildman–Crippen MR) is 118 cm³/mol. The molecular formula is C22H35N7O. The maximum absolute atomic E-state index is 6.47. The number of nitrogens with zero attached hydrogens (tertiary/aromatic N) is 5. The second-order valence-electron chi connectivity index (χ2n) is 8.14. The molecule has 1 aliphatic rings. The summed E-state index contributed by atoms with van der Waals surface area (Å²) in [5.41, 5.74) is 10.2. The molecule has 2 aromatic heterocycles. The van der Waals surface area contributed by atoms with E-state index in [9.17, 15) is 0 Å². The molecular weight excluding hydrogens is 378 g/mol. The second kappa shape index (κ2) is 10.4. The summed E-state index contributed by atoms with van der Waals surface area (Å²) in [5, 5.41) is 9.98. The Balaban J connectivity index is 1.76. The van der Waals surface area contributed by atoms with Crippen LogP contribution in [-0.4, -0.2) is 38.1 Å². The summed E-state index contributed by atoms with van der Waals surface area (Å²) in [6.45, 7) is 4.55. The maximum atomic E-state index is 6.47. The van der Waals surface area contributed by atoms with Crippen molar-refractivity contribution in [3.8, 4) is 5.75 Å². The number of aryl methyl sites for hydroxylation is 2. The molecule has 3 rings (SSSR count). The van der Waals surface area contributed by atoms with Crippen LogP contribution in [0.2, 0.25) is 0 Å². The van der Waals surface area contributed by atoms with Crippen LogP contribution in [0, 0.1) is 6.92 Å². The fourth-order valence-electron chi connectivity index (χ4n) is 3.76. The Labute approximate surface area is 179 Å². The molecule has 1 saturated carbocycles. The van der Waals surface area contributed by atoms with Gasteiger partial charge in [0.25, 0.3) is 0 Å². The Bertz CT molecular complexity index is 853. The van der Waals surface area contributed by atoms with Gasteiger partial charge in [0, 0.05) is 13.2 Å². The molecule has 1 fully saturated rings. The number of hydrazine groups is 1. The molecule has 1 aliphatic carbocycles. The van der Waals surface area contributed by atoms with Gasteiger partial charge in [-0.2, -0.15) is 0 Å². The summed E-state index contributed by atoms with van der Waals surface area (Å²) in [6.07, 6.45) is 11.4. The first-order valence-corrected chi connectivity index (χ1v) is 11.0. The van der Waals surface area contributed by atoms with Gasteiger partial charge in [-0.05, 0) is 57.6 Å². The van der Waals surface area contributed by atoms with Crippen LogP contribution in [0.25, 0.3) is 5.70 Å². The highest BCUT2D eigenvalue weighted by Gasteiger charge is 2.18. The third-order valence-corrected chi connectivity index (χ3v) is 5.58. The monoisotopic (exact) mass is 413 g/mol. The van der Waals surface area contributed by atoms with Gasteiger partial charge in [0.1, 0.15) is 5.75 Å². The number of nitrogens with two attached hydrogens (primary N) is 2. The van der Waals surface area contributed by atoms with Gasteiger partial charge in [-0.25, -0.2) is 15.5 Å². The third-order valence-electron chi connectivity index (χ3n) is 5.58. The van der Waals surface area contributed by atoms with E-state index in [4.69, 9.17) is 21.3 Å². The lowest BCUT2D eigenvalue weighted by molar-refractivity contribution is 0.153. The molecule has 0 amide bonds. The molecule has 4 N–H and O–H groups in total.